The van der Waals surface area contributed by atoms with E-state index < -0.39 is 11.7 Å². The average Bonchev–Trinajstić information content (AvgIpc) is 2.29. The van der Waals surface area contributed by atoms with Crippen molar-refractivity contribution in [2.75, 3.05) is 22.6 Å². The van der Waals surface area contributed by atoms with E-state index in [-0.39, 0.29) is 23.8 Å². The lowest BCUT2D eigenvalue weighted by Crippen LogP contribution is -2.16. The van der Waals surface area contributed by atoms with Gasteiger partial charge < -0.3 is 16.8 Å². The Morgan fingerprint density at radius 2 is 2.11 bits per heavy atom. The number of amides is 2. The number of nitrogen functional groups attached to an aromatic ring is 1. The molecule has 5 N–H and O–H groups in total. The van der Waals surface area contributed by atoms with Gasteiger partial charge in [0.05, 0.1) is 11.4 Å². The minimum atomic E-state index is -0.540. The molecule has 1 aromatic rings. The van der Waals surface area contributed by atoms with Crippen LogP contribution in [0.5, 0.6) is 0 Å². The standard InChI is InChI=1S/C11H14FN3O2S/c12-8-2-1-7(13)5-9(8)15-11(17)3-4-18-6-10(14)16/h1-2,5H,3-4,6,13H2,(H2,14,16)(H,15,17). The van der Waals surface area contributed by atoms with E-state index in [0.29, 0.717) is 11.4 Å². The molecule has 0 unspecified atom stereocenters. The summed E-state index contributed by atoms with van der Waals surface area (Å²) >= 11 is 1.25. The zero-order chi connectivity index (χ0) is 13.5. The van der Waals surface area contributed by atoms with Crippen LogP contribution in [0.3, 0.4) is 0 Å². The third kappa shape index (κ3) is 5.05. The maximum Gasteiger partial charge on any atom is 0.227 e. The number of anilines is 2. The van der Waals surface area contributed by atoms with E-state index in [1.165, 1.54) is 30.0 Å². The lowest BCUT2D eigenvalue weighted by atomic mass is 10.2. The zero-order valence-electron chi connectivity index (χ0n) is 9.61. The Kier molecular flexibility index (Phi) is 5.44. The minimum Gasteiger partial charge on any atom is -0.399 e. The molecular formula is C11H14FN3O2S. The van der Waals surface area contributed by atoms with E-state index in [4.69, 9.17) is 11.5 Å². The predicted octanol–water partition coefficient (Wildman–Crippen LogP) is 0.955. The molecule has 0 heterocycles. The molecule has 0 fully saturated rings. The zero-order valence-corrected chi connectivity index (χ0v) is 10.4. The smallest absolute Gasteiger partial charge is 0.227 e. The number of hydrogen-bond donors (Lipinski definition) is 3. The number of nitrogens with one attached hydrogen (secondary N) is 1. The Hall–Kier alpha value is -1.76. The average molecular weight is 271 g/mol. The van der Waals surface area contributed by atoms with Gasteiger partial charge in [0.2, 0.25) is 11.8 Å². The Bertz CT molecular complexity index is 454. The highest BCUT2D eigenvalue weighted by Gasteiger charge is 2.07. The van der Waals surface area contributed by atoms with Crippen LogP contribution in [0.2, 0.25) is 0 Å². The van der Waals surface area contributed by atoms with Crippen molar-refractivity contribution in [1.29, 1.82) is 0 Å². The van der Waals surface area contributed by atoms with E-state index in [9.17, 15) is 14.0 Å². The number of rotatable bonds is 6. The highest BCUT2D eigenvalue weighted by Crippen LogP contribution is 2.17. The fourth-order valence-electron chi connectivity index (χ4n) is 1.19. The summed E-state index contributed by atoms with van der Waals surface area (Å²) < 4.78 is 13.3. The number of primary amides is 1. The maximum absolute atomic E-state index is 13.3. The van der Waals surface area contributed by atoms with Gasteiger partial charge in [0.1, 0.15) is 5.82 Å². The topological polar surface area (TPSA) is 98.2 Å². The molecule has 0 radical (unpaired) electrons. The van der Waals surface area contributed by atoms with Gasteiger partial charge >= 0.3 is 0 Å². The van der Waals surface area contributed by atoms with E-state index >= 15 is 0 Å². The number of thioether (sulfide) groups is 1. The predicted molar refractivity (Wildman–Crippen MR) is 70.6 cm³/mol. The van der Waals surface area contributed by atoms with Crippen LogP contribution in [0, 0.1) is 5.82 Å². The molecule has 0 aliphatic heterocycles. The van der Waals surface area contributed by atoms with Crippen LogP contribution in [0.4, 0.5) is 15.8 Å². The molecule has 0 aliphatic carbocycles. The maximum atomic E-state index is 13.3. The van der Waals surface area contributed by atoms with Gasteiger partial charge in [0.15, 0.2) is 0 Å². The first-order chi connectivity index (χ1) is 8.49. The quantitative estimate of drug-likeness (QED) is 0.530. The van der Waals surface area contributed by atoms with Gasteiger partial charge in [-0.2, -0.15) is 11.8 Å². The van der Waals surface area contributed by atoms with Crippen molar-refractivity contribution >= 4 is 35.0 Å². The van der Waals surface area contributed by atoms with Gasteiger partial charge in [-0.15, -0.1) is 0 Å². The van der Waals surface area contributed by atoms with E-state index in [2.05, 4.69) is 5.32 Å². The second-order valence-corrected chi connectivity index (χ2v) is 4.66. The van der Waals surface area contributed by atoms with Crippen molar-refractivity contribution < 1.29 is 14.0 Å². The first kappa shape index (κ1) is 14.3. The third-order valence-electron chi connectivity index (χ3n) is 1.98. The largest absolute Gasteiger partial charge is 0.399 e. The molecule has 0 bridgehead atoms. The van der Waals surface area contributed by atoms with Crippen LogP contribution < -0.4 is 16.8 Å². The summed E-state index contributed by atoms with van der Waals surface area (Å²) in [4.78, 5) is 21.9. The number of hydrogen-bond acceptors (Lipinski definition) is 4. The normalized spacial score (nSPS) is 10.1. The fourth-order valence-corrected chi connectivity index (χ4v) is 1.86. The van der Waals surface area contributed by atoms with E-state index in [1.807, 2.05) is 0 Å². The van der Waals surface area contributed by atoms with Crippen LogP contribution in [0.1, 0.15) is 6.42 Å². The first-order valence-electron chi connectivity index (χ1n) is 5.20. The summed E-state index contributed by atoms with van der Waals surface area (Å²) in [5, 5.41) is 2.42. The van der Waals surface area contributed by atoms with Crippen molar-refractivity contribution in [2.45, 2.75) is 6.42 Å². The summed E-state index contributed by atoms with van der Waals surface area (Å²) in [7, 11) is 0. The highest BCUT2D eigenvalue weighted by atomic mass is 32.2. The van der Waals surface area contributed by atoms with Crippen LogP contribution in [-0.2, 0) is 9.59 Å². The molecule has 18 heavy (non-hydrogen) atoms. The lowest BCUT2D eigenvalue weighted by Gasteiger charge is -2.06. The Morgan fingerprint density at radius 3 is 2.78 bits per heavy atom. The van der Waals surface area contributed by atoms with Gasteiger partial charge in [0.25, 0.3) is 0 Å². The molecule has 0 atom stereocenters. The SMILES string of the molecule is NC(=O)CSCCC(=O)Nc1cc(N)ccc1F. The molecule has 0 saturated carbocycles. The van der Waals surface area contributed by atoms with Crippen LogP contribution in [-0.4, -0.2) is 23.3 Å². The molecule has 0 saturated heterocycles. The van der Waals surface area contributed by atoms with Gasteiger partial charge in [0, 0.05) is 17.9 Å². The number of nitrogens with two attached hydrogens (primary N) is 2. The number of carbonyl (C=O) groups is 2. The molecule has 0 aromatic heterocycles. The van der Waals surface area contributed by atoms with Crippen molar-refractivity contribution in [1.82, 2.24) is 0 Å². The summed E-state index contributed by atoms with van der Waals surface area (Å²) in [6, 6.07) is 3.95. The van der Waals surface area contributed by atoms with Crippen LogP contribution >= 0.6 is 11.8 Å². The summed E-state index contributed by atoms with van der Waals surface area (Å²) in [6.45, 7) is 0. The number of halogens is 1. The van der Waals surface area contributed by atoms with Crippen LogP contribution in [0.25, 0.3) is 0 Å². The van der Waals surface area contributed by atoms with E-state index in [1.54, 1.807) is 0 Å². The second-order valence-electron chi connectivity index (χ2n) is 3.56. The molecule has 5 nitrogen and oxygen atoms in total. The second kappa shape index (κ2) is 6.85. The summed E-state index contributed by atoms with van der Waals surface area (Å²) in [6.07, 6.45) is 0.173. The molecule has 2 amide bonds. The number of carbonyl (C=O) groups excluding carboxylic acids is 2. The molecule has 0 spiro atoms. The van der Waals surface area contributed by atoms with E-state index in [0.717, 1.165) is 0 Å². The van der Waals surface area contributed by atoms with Crippen molar-refractivity contribution in [3.63, 3.8) is 0 Å². The molecule has 1 aromatic carbocycles. The number of benzene rings is 1. The molecular weight excluding hydrogens is 257 g/mol. The Balaban J connectivity index is 2.40. The monoisotopic (exact) mass is 271 g/mol. The minimum absolute atomic E-state index is 0.0555. The molecule has 7 heteroatoms. The van der Waals surface area contributed by atoms with Gasteiger partial charge in [-0.3, -0.25) is 9.59 Å². The fraction of sp³-hybridized carbons (Fsp3) is 0.273. The summed E-state index contributed by atoms with van der Waals surface area (Å²) in [5.74, 6) is -0.695. The van der Waals surface area contributed by atoms with Crippen molar-refractivity contribution in [2.24, 2.45) is 5.73 Å². The van der Waals surface area contributed by atoms with Gasteiger partial charge in [-0.25, -0.2) is 4.39 Å². The molecule has 98 valence electrons. The third-order valence-corrected chi connectivity index (χ3v) is 2.96. The Morgan fingerprint density at radius 1 is 1.39 bits per heavy atom. The molecule has 0 aliphatic rings. The van der Waals surface area contributed by atoms with Crippen molar-refractivity contribution in [3.8, 4) is 0 Å². The highest BCUT2D eigenvalue weighted by molar-refractivity contribution is 7.99. The van der Waals surface area contributed by atoms with Gasteiger partial charge in [-0.1, -0.05) is 0 Å². The van der Waals surface area contributed by atoms with Crippen LogP contribution in [0.15, 0.2) is 18.2 Å². The lowest BCUT2D eigenvalue weighted by molar-refractivity contribution is -0.116. The molecule has 1 rings (SSSR count). The first-order valence-corrected chi connectivity index (χ1v) is 6.35. The Labute approximate surface area is 108 Å². The van der Waals surface area contributed by atoms with Crippen molar-refractivity contribution in [3.05, 3.63) is 24.0 Å². The van der Waals surface area contributed by atoms with Gasteiger partial charge in [-0.05, 0) is 18.2 Å². The summed E-state index contributed by atoms with van der Waals surface area (Å²) in [5.41, 5.74) is 10.9.